The molecule has 0 aliphatic heterocycles. The standard InChI is InChI=1S/C21H26Cl2F3NO3Si.C12H8Cl2F3NO/c1-19(2,3)18(28)29-11-27-16-14(9-12(22)10-15(16)23)13-7-8-20(17(13)27,21(24,25)26)30-31(4,5)6;13-5-3-7-6-1-2-11(19,12(15,16)17)10(6)18-9(7)8(14)4-5/h9-10H,7-8,11H2,1-6H3;3-4,18-19H,1-2H2. The van der Waals surface area contributed by atoms with Crippen LogP contribution in [0.15, 0.2) is 24.3 Å². The lowest BCUT2D eigenvalue weighted by atomic mass is 9.97. The fraction of sp³-hybridized carbons (Fsp3) is 0.485. The molecule has 2 unspecified atom stereocenters. The topological polar surface area (TPSA) is 76.5 Å². The van der Waals surface area contributed by atoms with E-state index in [0.29, 0.717) is 43.0 Å². The molecular formula is C33H34Cl4F6N2O4Si. The Kier molecular flexibility index (Phi) is 9.98. The van der Waals surface area contributed by atoms with E-state index in [0.717, 1.165) is 0 Å². The average Bonchev–Trinajstić information content (AvgIpc) is 3.67. The van der Waals surface area contributed by atoms with Crippen LogP contribution in [-0.4, -0.2) is 41.3 Å². The zero-order valence-corrected chi connectivity index (χ0v) is 31.8. The second-order valence-corrected chi connectivity index (χ2v) is 20.7. The molecule has 0 saturated carbocycles. The van der Waals surface area contributed by atoms with Crippen LogP contribution in [0.3, 0.4) is 0 Å². The predicted octanol–water partition coefficient (Wildman–Crippen LogP) is 11.2. The SMILES string of the molecule is CC(C)(C)C(=O)OCn1c2c(c3cc(Cl)cc(Cl)c31)CCC2(O[Si](C)(C)C)C(F)(F)F.OC1(C(F)(F)F)CCc2c1[nH]c1c(Cl)cc(Cl)cc21. The van der Waals surface area contributed by atoms with Gasteiger partial charge in [-0.3, -0.25) is 4.79 Å². The van der Waals surface area contributed by atoms with Gasteiger partial charge in [0.05, 0.1) is 37.9 Å². The minimum absolute atomic E-state index is 0.0525. The molecule has 0 spiro atoms. The number of nitrogens with one attached hydrogen (secondary N) is 1. The molecule has 2 aliphatic rings. The molecule has 2 heterocycles. The molecule has 274 valence electrons. The van der Waals surface area contributed by atoms with Gasteiger partial charge in [-0.15, -0.1) is 0 Å². The number of aryl methyl sites for hydroxylation is 2. The molecule has 0 amide bonds. The van der Waals surface area contributed by atoms with Crippen molar-refractivity contribution in [3.05, 3.63) is 66.9 Å². The van der Waals surface area contributed by atoms with Gasteiger partial charge in [-0.1, -0.05) is 46.4 Å². The Bertz CT molecular complexity index is 2000. The van der Waals surface area contributed by atoms with E-state index in [2.05, 4.69) is 4.98 Å². The van der Waals surface area contributed by atoms with Crippen molar-refractivity contribution in [3.63, 3.8) is 0 Å². The summed E-state index contributed by atoms with van der Waals surface area (Å²) in [6, 6.07) is 6.08. The smallest absolute Gasteiger partial charge is 0.422 e. The number of nitrogens with zero attached hydrogens (tertiary/aromatic N) is 1. The summed E-state index contributed by atoms with van der Waals surface area (Å²) in [5.41, 5.74) is -4.80. The number of esters is 1. The maximum atomic E-state index is 14.6. The highest BCUT2D eigenvalue weighted by Crippen LogP contribution is 2.56. The first kappa shape index (κ1) is 39.1. The van der Waals surface area contributed by atoms with E-state index in [1.165, 1.54) is 16.7 Å². The number of aliphatic hydroxyl groups is 1. The van der Waals surface area contributed by atoms with E-state index < -0.39 is 56.4 Å². The van der Waals surface area contributed by atoms with E-state index in [-0.39, 0.29) is 40.7 Å². The number of carbonyl (C=O) groups excluding carboxylic acids is 1. The Labute approximate surface area is 305 Å². The normalized spacial score (nSPS) is 21.0. The average molecular weight is 807 g/mol. The zero-order valence-electron chi connectivity index (χ0n) is 27.7. The summed E-state index contributed by atoms with van der Waals surface area (Å²) in [4.78, 5) is 15.0. The maximum absolute atomic E-state index is 14.6. The Balaban J connectivity index is 0.000000217. The van der Waals surface area contributed by atoms with Crippen LogP contribution >= 0.6 is 46.4 Å². The fourth-order valence-electron chi connectivity index (χ4n) is 6.63. The molecule has 2 aliphatic carbocycles. The molecule has 50 heavy (non-hydrogen) atoms. The molecule has 0 fully saturated rings. The number of hydrogen-bond acceptors (Lipinski definition) is 4. The summed E-state index contributed by atoms with van der Waals surface area (Å²) in [5.74, 6) is -0.532. The second-order valence-electron chi connectivity index (χ2n) is 14.5. The summed E-state index contributed by atoms with van der Waals surface area (Å²) in [6.07, 6.45) is -9.77. The quantitative estimate of drug-likeness (QED) is 0.122. The fourth-order valence-corrected chi connectivity index (χ4v) is 9.13. The van der Waals surface area contributed by atoms with Crippen LogP contribution in [-0.2, 0) is 44.7 Å². The Morgan fingerprint density at radius 3 is 1.98 bits per heavy atom. The first-order valence-corrected chi connectivity index (χ1v) is 20.4. The number of halogens is 10. The third-order valence-electron chi connectivity index (χ3n) is 8.72. The highest BCUT2D eigenvalue weighted by atomic mass is 35.5. The second kappa shape index (κ2) is 12.8. The molecule has 2 atom stereocenters. The van der Waals surface area contributed by atoms with Gasteiger partial charge in [0.1, 0.15) is 0 Å². The summed E-state index contributed by atoms with van der Waals surface area (Å²) in [5, 5.41) is 12.1. The molecule has 0 bridgehead atoms. The van der Waals surface area contributed by atoms with Crippen molar-refractivity contribution in [1.29, 1.82) is 0 Å². The van der Waals surface area contributed by atoms with Gasteiger partial charge < -0.3 is 23.8 Å². The summed E-state index contributed by atoms with van der Waals surface area (Å²) >= 11 is 24.4. The zero-order chi connectivity index (χ0) is 37.6. The number of benzene rings is 2. The lowest BCUT2D eigenvalue weighted by Crippen LogP contribution is -2.50. The number of hydrogen-bond donors (Lipinski definition) is 2. The number of alkyl halides is 6. The van der Waals surface area contributed by atoms with Crippen molar-refractivity contribution in [1.82, 2.24) is 9.55 Å². The van der Waals surface area contributed by atoms with E-state index in [1.807, 2.05) is 0 Å². The predicted molar refractivity (Wildman–Crippen MR) is 185 cm³/mol. The Morgan fingerprint density at radius 1 is 0.880 bits per heavy atom. The van der Waals surface area contributed by atoms with Crippen LogP contribution in [0.4, 0.5) is 26.3 Å². The first-order chi connectivity index (χ1) is 22.7. The van der Waals surface area contributed by atoms with Gasteiger partial charge in [0, 0.05) is 20.8 Å². The highest BCUT2D eigenvalue weighted by molar-refractivity contribution is 6.69. The number of carbonyl (C=O) groups is 1. The van der Waals surface area contributed by atoms with E-state index in [4.69, 9.17) is 55.6 Å². The number of aromatic nitrogens is 2. The van der Waals surface area contributed by atoms with E-state index in [9.17, 15) is 36.2 Å². The number of rotatable bonds is 4. The van der Waals surface area contributed by atoms with Gasteiger partial charge in [-0.05, 0) is 101 Å². The molecule has 0 saturated heterocycles. The number of fused-ring (bicyclic) bond motifs is 6. The van der Waals surface area contributed by atoms with Gasteiger partial charge in [0.15, 0.2) is 20.6 Å². The van der Waals surface area contributed by atoms with Crippen molar-refractivity contribution in [2.24, 2.45) is 5.41 Å². The van der Waals surface area contributed by atoms with Crippen LogP contribution in [0, 0.1) is 5.41 Å². The van der Waals surface area contributed by atoms with Crippen LogP contribution in [0.25, 0.3) is 21.8 Å². The van der Waals surface area contributed by atoms with Crippen LogP contribution < -0.4 is 0 Å². The molecular weight excluding hydrogens is 772 g/mol. The van der Waals surface area contributed by atoms with Crippen LogP contribution in [0.1, 0.15) is 56.1 Å². The Morgan fingerprint density at radius 2 is 1.44 bits per heavy atom. The first-order valence-electron chi connectivity index (χ1n) is 15.5. The van der Waals surface area contributed by atoms with Gasteiger partial charge in [-0.25, -0.2) is 0 Å². The number of aromatic amines is 1. The summed E-state index contributed by atoms with van der Waals surface area (Å²) < 4.78 is 95.5. The van der Waals surface area contributed by atoms with Gasteiger partial charge in [-0.2, -0.15) is 26.3 Å². The number of H-pyrrole nitrogens is 1. The monoisotopic (exact) mass is 804 g/mol. The lowest BCUT2D eigenvalue weighted by Gasteiger charge is -2.39. The lowest BCUT2D eigenvalue weighted by molar-refractivity contribution is -0.266. The van der Waals surface area contributed by atoms with Crippen LogP contribution in [0.2, 0.25) is 39.7 Å². The molecule has 17 heteroatoms. The van der Waals surface area contributed by atoms with Crippen molar-refractivity contribution >= 4 is 82.5 Å². The third-order valence-corrected chi connectivity index (χ3v) is 10.7. The van der Waals surface area contributed by atoms with E-state index in [1.54, 1.807) is 52.5 Å². The van der Waals surface area contributed by atoms with Crippen LogP contribution in [0.5, 0.6) is 0 Å². The van der Waals surface area contributed by atoms with Crippen molar-refractivity contribution < 1.29 is 45.4 Å². The highest BCUT2D eigenvalue weighted by Gasteiger charge is 2.64. The largest absolute Gasteiger partial charge is 0.443 e. The van der Waals surface area contributed by atoms with Crippen molar-refractivity contribution in [2.45, 2.75) is 96.4 Å². The molecule has 2 aromatic carbocycles. The summed E-state index contributed by atoms with van der Waals surface area (Å²) in [7, 11) is -2.64. The van der Waals surface area contributed by atoms with Gasteiger partial charge >= 0.3 is 18.3 Å². The minimum atomic E-state index is -4.73. The molecule has 4 aromatic rings. The molecule has 0 radical (unpaired) electrons. The van der Waals surface area contributed by atoms with Crippen molar-refractivity contribution in [2.75, 3.05) is 0 Å². The maximum Gasteiger partial charge on any atom is 0.422 e. The molecule has 6 nitrogen and oxygen atoms in total. The minimum Gasteiger partial charge on any atom is -0.443 e. The third kappa shape index (κ3) is 6.76. The number of ether oxygens (including phenoxy) is 1. The summed E-state index contributed by atoms with van der Waals surface area (Å²) in [6.45, 7) is 9.77. The molecule has 2 aromatic heterocycles. The molecule has 6 rings (SSSR count). The van der Waals surface area contributed by atoms with Gasteiger partial charge in [0.25, 0.3) is 0 Å². The van der Waals surface area contributed by atoms with Gasteiger partial charge in [0.2, 0.25) is 5.60 Å². The Hall–Kier alpha value is -2.13. The van der Waals surface area contributed by atoms with Crippen molar-refractivity contribution in [3.8, 4) is 0 Å². The molecule has 2 N–H and O–H groups in total. The van der Waals surface area contributed by atoms with E-state index >= 15 is 0 Å².